The van der Waals surface area contributed by atoms with E-state index in [9.17, 15) is 0 Å². The molecule has 92 valence electrons. The summed E-state index contributed by atoms with van der Waals surface area (Å²) < 4.78 is 0. The lowest BCUT2D eigenvalue weighted by atomic mass is 9.77. The van der Waals surface area contributed by atoms with Gasteiger partial charge < -0.3 is 5.32 Å². The van der Waals surface area contributed by atoms with Gasteiger partial charge in [0.2, 0.25) is 0 Å². The molecule has 2 atom stereocenters. The Hall–Kier alpha value is -1.60. The highest BCUT2D eigenvalue weighted by molar-refractivity contribution is 5.40. The van der Waals surface area contributed by atoms with E-state index in [1.165, 1.54) is 23.1 Å². The topological polar surface area (TPSA) is 12.0 Å². The van der Waals surface area contributed by atoms with Gasteiger partial charge in [-0.25, -0.2) is 0 Å². The Morgan fingerprint density at radius 3 is 2.56 bits per heavy atom. The molecule has 1 aliphatic carbocycles. The fourth-order valence-electron chi connectivity index (χ4n) is 2.72. The SMILES string of the molecule is CC(NCC1Cc2ccccc21)c1ccccc1. The lowest BCUT2D eigenvalue weighted by molar-refractivity contribution is 0.489. The minimum absolute atomic E-state index is 0.430. The normalized spacial score (nSPS) is 18.8. The molecule has 0 saturated heterocycles. The molecule has 0 saturated carbocycles. The number of nitrogens with one attached hydrogen (secondary N) is 1. The Labute approximate surface area is 109 Å². The summed E-state index contributed by atoms with van der Waals surface area (Å²) in [6.45, 7) is 3.31. The number of fused-ring (bicyclic) bond motifs is 1. The van der Waals surface area contributed by atoms with E-state index in [0.717, 1.165) is 6.54 Å². The predicted octanol–water partition coefficient (Wildman–Crippen LogP) is 3.68. The minimum atomic E-state index is 0.430. The standard InChI is InChI=1S/C17H19N/c1-13(14-7-3-2-4-8-14)18-12-16-11-15-9-5-6-10-17(15)16/h2-10,13,16,18H,11-12H2,1H3. The van der Waals surface area contributed by atoms with Gasteiger partial charge in [0, 0.05) is 18.5 Å². The Morgan fingerprint density at radius 2 is 1.78 bits per heavy atom. The zero-order valence-electron chi connectivity index (χ0n) is 10.8. The Kier molecular flexibility index (Phi) is 3.16. The highest BCUT2D eigenvalue weighted by Crippen LogP contribution is 2.34. The van der Waals surface area contributed by atoms with Gasteiger partial charge in [0.25, 0.3) is 0 Å². The Bertz CT molecular complexity index is 516. The zero-order chi connectivity index (χ0) is 12.4. The third-order valence-electron chi connectivity index (χ3n) is 3.93. The van der Waals surface area contributed by atoms with Crippen molar-refractivity contribution in [1.29, 1.82) is 0 Å². The van der Waals surface area contributed by atoms with Crippen molar-refractivity contribution in [2.24, 2.45) is 0 Å². The minimum Gasteiger partial charge on any atom is -0.310 e. The number of hydrogen-bond acceptors (Lipinski definition) is 1. The molecule has 0 radical (unpaired) electrons. The monoisotopic (exact) mass is 237 g/mol. The molecule has 2 aromatic rings. The van der Waals surface area contributed by atoms with Crippen LogP contribution in [0.1, 0.15) is 35.6 Å². The molecule has 0 bridgehead atoms. The maximum absolute atomic E-state index is 3.64. The summed E-state index contributed by atoms with van der Waals surface area (Å²) in [5.74, 6) is 0.701. The third-order valence-corrected chi connectivity index (χ3v) is 3.93. The van der Waals surface area contributed by atoms with E-state index in [1.807, 2.05) is 0 Å². The van der Waals surface area contributed by atoms with Gasteiger partial charge in [0.05, 0.1) is 0 Å². The van der Waals surface area contributed by atoms with Crippen LogP contribution in [-0.2, 0) is 6.42 Å². The molecule has 1 aliphatic rings. The molecular formula is C17H19N. The van der Waals surface area contributed by atoms with Gasteiger partial charge in [-0.3, -0.25) is 0 Å². The summed E-state index contributed by atoms with van der Waals surface area (Å²) in [5.41, 5.74) is 4.42. The van der Waals surface area contributed by atoms with Gasteiger partial charge in [0.1, 0.15) is 0 Å². The van der Waals surface area contributed by atoms with Crippen molar-refractivity contribution in [3.63, 3.8) is 0 Å². The molecule has 18 heavy (non-hydrogen) atoms. The fourth-order valence-corrected chi connectivity index (χ4v) is 2.72. The Morgan fingerprint density at radius 1 is 1.06 bits per heavy atom. The van der Waals surface area contributed by atoms with Crippen molar-refractivity contribution in [3.8, 4) is 0 Å². The maximum atomic E-state index is 3.64. The molecule has 3 rings (SSSR count). The van der Waals surface area contributed by atoms with E-state index >= 15 is 0 Å². The second-order valence-electron chi connectivity index (χ2n) is 5.14. The van der Waals surface area contributed by atoms with Gasteiger partial charge >= 0.3 is 0 Å². The summed E-state index contributed by atoms with van der Waals surface area (Å²) in [4.78, 5) is 0. The van der Waals surface area contributed by atoms with Crippen molar-refractivity contribution < 1.29 is 0 Å². The first kappa shape index (κ1) is 11.5. The average molecular weight is 237 g/mol. The van der Waals surface area contributed by atoms with E-state index < -0.39 is 0 Å². The molecule has 2 unspecified atom stereocenters. The average Bonchev–Trinajstić information content (AvgIpc) is 2.40. The number of hydrogen-bond donors (Lipinski definition) is 1. The van der Waals surface area contributed by atoms with E-state index in [0.29, 0.717) is 12.0 Å². The van der Waals surface area contributed by atoms with Crippen LogP contribution >= 0.6 is 0 Å². The molecule has 1 heteroatoms. The van der Waals surface area contributed by atoms with E-state index in [1.54, 1.807) is 0 Å². The lowest BCUT2D eigenvalue weighted by Gasteiger charge is -2.31. The highest BCUT2D eigenvalue weighted by atomic mass is 14.9. The van der Waals surface area contributed by atoms with Gasteiger partial charge in [-0.05, 0) is 30.0 Å². The summed E-state index contributed by atoms with van der Waals surface area (Å²) in [6, 6.07) is 19.9. The first-order valence-electron chi connectivity index (χ1n) is 6.71. The molecule has 0 aliphatic heterocycles. The third kappa shape index (κ3) is 2.19. The first-order valence-corrected chi connectivity index (χ1v) is 6.71. The Balaban J connectivity index is 1.58. The van der Waals surface area contributed by atoms with Crippen LogP contribution in [0.25, 0.3) is 0 Å². The number of benzene rings is 2. The molecule has 0 fully saturated rings. The molecule has 0 heterocycles. The van der Waals surface area contributed by atoms with Crippen LogP contribution in [0, 0.1) is 0 Å². The first-order chi connectivity index (χ1) is 8.84. The summed E-state index contributed by atoms with van der Waals surface area (Å²) in [5, 5.41) is 3.64. The van der Waals surface area contributed by atoms with Crippen LogP contribution in [0.3, 0.4) is 0 Å². The van der Waals surface area contributed by atoms with Crippen molar-refractivity contribution in [2.75, 3.05) is 6.54 Å². The van der Waals surface area contributed by atoms with Crippen LogP contribution in [-0.4, -0.2) is 6.54 Å². The van der Waals surface area contributed by atoms with Crippen molar-refractivity contribution in [1.82, 2.24) is 5.32 Å². The fraction of sp³-hybridized carbons (Fsp3) is 0.294. The van der Waals surface area contributed by atoms with Crippen LogP contribution in [0.5, 0.6) is 0 Å². The van der Waals surface area contributed by atoms with Crippen LogP contribution in [0.4, 0.5) is 0 Å². The zero-order valence-corrected chi connectivity index (χ0v) is 10.8. The second kappa shape index (κ2) is 4.95. The molecular weight excluding hydrogens is 218 g/mol. The van der Waals surface area contributed by atoms with E-state index in [-0.39, 0.29) is 0 Å². The smallest absolute Gasteiger partial charge is 0.0292 e. The quantitative estimate of drug-likeness (QED) is 0.855. The molecule has 1 N–H and O–H groups in total. The van der Waals surface area contributed by atoms with Crippen molar-refractivity contribution in [2.45, 2.75) is 25.3 Å². The number of rotatable bonds is 4. The summed E-state index contributed by atoms with van der Waals surface area (Å²) in [7, 11) is 0. The van der Waals surface area contributed by atoms with Crippen LogP contribution in [0.15, 0.2) is 54.6 Å². The van der Waals surface area contributed by atoms with Gasteiger partial charge in [-0.1, -0.05) is 54.6 Å². The van der Waals surface area contributed by atoms with Gasteiger partial charge in [-0.15, -0.1) is 0 Å². The van der Waals surface area contributed by atoms with Crippen LogP contribution in [0.2, 0.25) is 0 Å². The van der Waals surface area contributed by atoms with Crippen LogP contribution < -0.4 is 5.32 Å². The van der Waals surface area contributed by atoms with Crippen molar-refractivity contribution >= 4 is 0 Å². The largest absolute Gasteiger partial charge is 0.310 e. The molecule has 1 nitrogen and oxygen atoms in total. The maximum Gasteiger partial charge on any atom is 0.0292 e. The highest BCUT2D eigenvalue weighted by Gasteiger charge is 2.25. The van der Waals surface area contributed by atoms with E-state index in [4.69, 9.17) is 0 Å². The predicted molar refractivity (Wildman–Crippen MR) is 75.7 cm³/mol. The second-order valence-corrected chi connectivity index (χ2v) is 5.14. The lowest BCUT2D eigenvalue weighted by Crippen LogP contribution is -2.30. The molecule has 0 spiro atoms. The molecule has 0 aromatic heterocycles. The molecule has 0 amide bonds. The van der Waals surface area contributed by atoms with Gasteiger partial charge in [-0.2, -0.15) is 0 Å². The van der Waals surface area contributed by atoms with Gasteiger partial charge in [0.15, 0.2) is 0 Å². The summed E-state index contributed by atoms with van der Waals surface area (Å²) >= 11 is 0. The van der Waals surface area contributed by atoms with E-state index in [2.05, 4.69) is 66.8 Å². The summed E-state index contributed by atoms with van der Waals surface area (Å²) in [6.07, 6.45) is 1.23. The molecule has 2 aromatic carbocycles. The van der Waals surface area contributed by atoms with Crippen molar-refractivity contribution in [3.05, 3.63) is 71.3 Å².